The SMILES string of the molecule is Oc1ccc2c(Cl)[c]sc2c1. The predicted molar refractivity (Wildman–Crippen MR) is 47.3 cm³/mol. The van der Waals surface area contributed by atoms with Crippen molar-refractivity contribution in [2.45, 2.75) is 0 Å². The summed E-state index contributed by atoms with van der Waals surface area (Å²) in [6, 6.07) is 5.09. The molecular formula is C8H4ClOS. The highest BCUT2D eigenvalue weighted by Gasteiger charge is 2.01. The van der Waals surface area contributed by atoms with E-state index >= 15 is 0 Å². The third kappa shape index (κ3) is 1.08. The molecule has 55 valence electrons. The molecule has 0 aliphatic rings. The number of aromatic hydroxyl groups is 1. The number of benzene rings is 1. The second-order valence-corrected chi connectivity index (χ2v) is 3.42. The predicted octanol–water partition coefficient (Wildman–Crippen LogP) is 3.06. The van der Waals surface area contributed by atoms with E-state index in [-0.39, 0.29) is 5.75 Å². The van der Waals surface area contributed by atoms with Crippen molar-refractivity contribution in [3.05, 3.63) is 28.6 Å². The monoisotopic (exact) mass is 183 g/mol. The Morgan fingerprint density at radius 1 is 1.45 bits per heavy atom. The van der Waals surface area contributed by atoms with Gasteiger partial charge in [-0.25, -0.2) is 0 Å². The molecule has 0 unspecified atom stereocenters. The summed E-state index contributed by atoms with van der Waals surface area (Å²) < 4.78 is 0.968. The maximum absolute atomic E-state index is 9.09. The van der Waals surface area contributed by atoms with Crippen LogP contribution in [-0.2, 0) is 0 Å². The van der Waals surface area contributed by atoms with E-state index in [1.807, 2.05) is 0 Å². The van der Waals surface area contributed by atoms with E-state index < -0.39 is 0 Å². The number of halogens is 1. The number of fused-ring (bicyclic) bond motifs is 1. The summed E-state index contributed by atoms with van der Waals surface area (Å²) in [4.78, 5) is 0. The molecule has 11 heavy (non-hydrogen) atoms. The van der Waals surface area contributed by atoms with Gasteiger partial charge in [-0.05, 0) is 18.2 Å². The van der Waals surface area contributed by atoms with Crippen molar-refractivity contribution >= 4 is 33.0 Å². The highest BCUT2D eigenvalue weighted by molar-refractivity contribution is 7.17. The Morgan fingerprint density at radius 2 is 2.27 bits per heavy atom. The van der Waals surface area contributed by atoms with E-state index in [2.05, 4.69) is 5.38 Å². The minimum absolute atomic E-state index is 0.268. The standard InChI is InChI=1S/C8H4ClOS/c9-7-4-11-8-3-5(10)1-2-6(7)8/h1-3,10H. The number of hydrogen-bond acceptors (Lipinski definition) is 2. The highest BCUT2D eigenvalue weighted by atomic mass is 35.5. The van der Waals surface area contributed by atoms with Crippen molar-refractivity contribution < 1.29 is 5.11 Å². The van der Waals surface area contributed by atoms with E-state index in [1.54, 1.807) is 18.2 Å². The zero-order valence-corrected chi connectivity index (χ0v) is 7.04. The molecule has 0 saturated carbocycles. The van der Waals surface area contributed by atoms with Gasteiger partial charge in [0, 0.05) is 10.1 Å². The fourth-order valence-electron chi connectivity index (χ4n) is 0.932. The Bertz CT molecular complexity index is 394. The maximum Gasteiger partial charge on any atom is 0.117 e. The van der Waals surface area contributed by atoms with Gasteiger partial charge in [0.05, 0.1) is 10.4 Å². The van der Waals surface area contributed by atoms with E-state index in [0.717, 1.165) is 10.1 Å². The second kappa shape index (κ2) is 2.40. The molecule has 2 aromatic rings. The Labute approximate surface area is 72.9 Å². The number of phenols is 1. The van der Waals surface area contributed by atoms with E-state index in [0.29, 0.717) is 5.02 Å². The first-order chi connectivity index (χ1) is 5.27. The zero-order valence-electron chi connectivity index (χ0n) is 5.47. The summed E-state index contributed by atoms with van der Waals surface area (Å²) in [5.74, 6) is 0.268. The summed E-state index contributed by atoms with van der Waals surface area (Å²) in [6.45, 7) is 0. The van der Waals surface area contributed by atoms with Crippen LogP contribution in [0.3, 0.4) is 0 Å². The van der Waals surface area contributed by atoms with Gasteiger partial charge in [0.2, 0.25) is 0 Å². The van der Waals surface area contributed by atoms with Crippen LogP contribution in [0.15, 0.2) is 18.2 Å². The Hall–Kier alpha value is -0.730. The number of phenolic OH excluding ortho intramolecular Hbond substituents is 1. The molecule has 0 atom stereocenters. The molecule has 0 fully saturated rings. The molecule has 0 amide bonds. The molecule has 0 saturated heterocycles. The first kappa shape index (κ1) is 6.95. The summed E-state index contributed by atoms with van der Waals surface area (Å²) in [5.41, 5.74) is 0. The van der Waals surface area contributed by atoms with Gasteiger partial charge < -0.3 is 5.11 Å². The molecule has 1 aromatic carbocycles. The average molecular weight is 184 g/mol. The minimum atomic E-state index is 0.268. The van der Waals surface area contributed by atoms with Gasteiger partial charge in [-0.3, -0.25) is 0 Å². The first-order valence-corrected chi connectivity index (χ1v) is 4.25. The Balaban J connectivity index is 2.86. The lowest BCUT2D eigenvalue weighted by molar-refractivity contribution is 0.476. The van der Waals surface area contributed by atoms with Crippen LogP contribution in [0, 0.1) is 5.38 Å². The zero-order chi connectivity index (χ0) is 7.84. The Morgan fingerprint density at radius 3 is 3.09 bits per heavy atom. The number of rotatable bonds is 0. The lowest BCUT2D eigenvalue weighted by Crippen LogP contribution is -1.63. The molecular weight excluding hydrogens is 180 g/mol. The van der Waals surface area contributed by atoms with Gasteiger partial charge in [0.15, 0.2) is 0 Å². The molecule has 2 rings (SSSR count). The van der Waals surface area contributed by atoms with E-state index in [1.165, 1.54) is 11.3 Å². The van der Waals surface area contributed by atoms with Crippen molar-refractivity contribution in [2.75, 3.05) is 0 Å². The van der Waals surface area contributed by atoms with Crippen molar-refractivity contribution in [3.63, 3.8) is 0 Å². The van der Waals surface area contributed by atoms with Crippen molar-refractivity contribution in [1.82, 2.24) is 0 Å². The van der Waals surface area contributed by atoms with Crippen LogP contribution in [-0.4, -0.2) is 5.11 Å². The van der Waals surface area contributed by atoms with Crippen LogP contribution >= 0.6 is 22.9 Å². The molecule has 0 bridgehead atoms. The summed E-state index contributed by atoms with van der Waals surface area (Å²) in [6.07, 6.45) is 0. The molecule has 0 aliphatic carbocycles. The minimum Gasteiger partial charge on any atom is -0.508 e. The van der Waals surface area contributed by atoms with Crippen LogP contribution in [0.5, 0.6) is 5.75 Å². The highest BCUT2D eigenvalue weighted by Crippen LogP contribution is 2.31. The number of hydrogen-bond donors (Lipinski definition) is 1. The van der Waals surface area contributed by atoms with Gasteiger partial charge in [0.1, 0.15) is 5.75 Å². The van der Waals surface area contributed by atoms with Crippen molar-refractivity contribution in [1.29, 1.82) is 0 Å². The largest absolute Gasteiger partial charge is 0.508 e. The lowest BCUT2D eigenvalue weighted by Gasteiger charge is -1.90. The van der Waals surface area contributed by atoms with Crippen molar-refractivity contribution in [2.24, 2.45) is 0 Å². The topological polar surface area (TPSA) is 20.2 Å². The van der Waals surface area contributed by atoms with E-state index in [9.17, 15) is 0 Å². The van der Waals surface area contributed by atoms with Crippen LogP contribution < -0.4 is 0 Å². The fraction of sp³-hybridized carbons (Fsp3) is 0. The normalized spacial score (nSPS) is 10.6. The first-order valence-electron chi connectivity index (χ1n) is 3.06. The van der Waals surface area contributed by atoms with Gasteiger partial charge >= 0.3 is 0 Å². The van der Waals surface area contributed by atoms with Gasteiger partial charge in [-0.2, -0.15) is 0 Å². The molecule has 1 aromatic heterocycles. The van der Waals surface area contributed by atoms with Crippen LogP contribution in [0.2, 0.25) is 5.02 Å². The van der Waals surface area contributed by atoms with E-state index in [4.69, 9.17) is 16.7 Å². The molecule has 1 heterocycles. The molecule has 1 nitrogen and oxygen atoms in total. The summed E-state index contributed by atoms with van der Waals surface area (Å²) in [5, 5.41) is 13.6. The van der Waals surface area contributed by atoms with Crippen LogP contribution in [0.1, 0.15) is 0 Å². The molecule has 0 spiro atoms. The summed E-state index contributed by atoms with van der Waals surface area (Å²) >= 11 is 7.21. The molecule has 1 N–H and O–H groups in total. The van der Waals surface area contributed by atoms with Gasteiger partial charge in [-0.15, -0.1) is 11.3 Å². The quantitative estimate of drug-likeness (QED) is 0.666. The Kier molecular flexibility index (Phi) is 1.51. The maximum atomic E-state index is 9.09. The van der Waals surface area contributed by atoms with Gasteiger partial charge in [-0.1, -0.05) is 11.6 Å². The number of thiophene rings is 1. The smallest absolute Gasteiger partial charge is 0.117 e. The third-order valence-corrected chi connectivity index (χ3v) is 2.73. The summed E-state index contributed by atoms with van der Waals surface area (Å²) in [7, 11) is 0. The third-order valence-electron chi connectivity index (χ3n) is 1.45. The molecule has 3 heteroatoms. The fourth-order valence-corrected chi connectivity index (χ4v) is 2.04. The second-order valence-electron chi connectivity index (χ2n) is 2.20. The average Bonchev–Trinajstić information content (AvgIpc) is 2.32. The lowest BCUT2D eigenvalue weighted by atomic mass is 10.2. The van der Waals surface area contributed by atoms with Gasteiger partial charge in [0.25, 0.3) is 0 Å². The molecule has 0 aliphatic heterocycles. The molecule has 1 radical (unpaired) electrons. The van der Waals surface area contributed by atoms with Crippen molar-refractivity contribution in [3.8, 4) is 5.75 Å². The van der Waals surface area contributed by atoms with Crippen LogP contribution in [0.25, 0.3) is 10.1 Å². The van der Waals surface area contributed by atoms with Crippen LogP contribution in [0.4, 0.5) is 0 Å².